The number of fused-ring (bicyclic) bond motifs is 1. The Morgan fingerprint density at radius 2 is 1.73 bits per heavy atom. The zero-order valence-corrected chi connectivity index (χ0v) is 17.5. The molecular formula is C25H19F3N2O3. The minimum atomic E-state index is -4.46. The second-order valence-corrected chi connectivity index (χ2v) is 7.77. The molecule has 1 aromatic heterocycles. The van der Waals surface area contributed by atoms with Gasteiger partial charge in [0.05, 0.1) is 23.1 Å². The summed E-state index contributed by atoms with van der Waals surface area (Å²) in [6.45, 7) is 1.94. The lowest BCUT2D eigenvalue weighted by Crippen LogP contribution is -2.23. The first-order valence-electron chi connectivity index (χ1n) is 10.1. The minimum absolute atomic E-state index is 0.302. The number of nitrogens with zero attached hydrogens (tertiary/aromatic N) is 1. The fourth-order valence-corrected chi connectivity index (χ4v) is 3.57. The summed E-state index contributed by atoms with van der Waals surface area (Å²) in [5.41, 5.74) is 1.46. The summed E-state index contributed by atoms with van der Waals surface area (Å²) in [5, 5.41) is 7.14. The van der Waals surface area contributed by atoms with E-state index in [-0.39, 0.29) is 5.91 Å². The van der Waals surface area contributed by atoms with Crippen molar-refractivity contribution in [1.29, 1.82) is 0 Å². The normalized spacial score (nSPS) is 12.5. The average Bonchev–Trinajstić information content (AvgIpc) is 2.78. The number of hydrogen-bond donors (Lipinski definition) is 1. The maximum Gasteiger partial charge on any atom is 0.416 e. The lowest BCUT2D eigenvalue weighted by molar-refractivity contribution is -0.137. The third-order valence-corrected chi connectivity index (χ3v) is 5.38. The van der Waals surface area contributed by atoms with Gasteiger partial charge in [-0.25, -0.2) is 4.79 Å². The Labute approximate surface area is 186 Å². The Morgan fingerprint density at radius 1 is 1.03 bits per heavy atom. The molecule has 4 rings (SSSR count). The Morgan fingerprint density at radius 3 is 2.39 bits per heavy atom. The first-order valence-corrected chi connectivity index (χ1v) is 10.1. The highest BCUT2D eigenvalue weighted by Gasteiger charge is 2.31. The van der Waals surface area contributed by atoms with Gasteiger partial charge in [0, 0.05) is 11.1 Å². The Kier molecular flexibility index (Phi) is 6.00. The molecule has 1 unspecified atom stereocenters. The van der Waals surface area contributed by atoms with Crippen molar-refractivity contribution in [3.8, 4) is 0 Å². The van der Waals surface area contributed by atoms with Crippen molar-refractivity contribution in [3.63, 3.8) is 0 Å². The van der Waals surface area contributed by atoms with E-state index >= 15 is 0 Å². The van der Waals surface area contributed by atoms with E-state index in [4.69, 9.17) is 0 Å². The van der Waals surface area contributed by atoms with Gasteiger partial charge in [0.15, 0.2) is 0 Å². The molecule has 1 heterocycles. The summed E-state index contributed by atoms with van der Waals surface area (Å²) in [7, 11) is 0. The van der Waals surface area contributed by atoms with Crippen LogP contribution in [0.1, 0.15) is 28.2 Å². The summed E-state index contributed by atoms with van der Waals surface area (Å²) in [6.07, 6.45) is -2.79. The highest BCUT2D eigenvalue weighted by molar-refractivity contribution is 5.98. The van der Waals surface area contributed by atoms with Gasteiger partial charge in [-0.1, -0.05) is 47.1 Å². The van der Waals surface area contributed by atoms with Gasteiger partial charge in [0.25, 0.3) is 0 Å². The first-order chi connectivity index (χ1) is 15.7. The van der Waals surface area contributed by atoms with Crippen LogP contribution in [-0.4, -0.2) is 11.1 Å². The van der Waals surface area contributed by atoms with Crippen LogP contribution in [0.3, 0.4) is 0 Å². The molecule has 168 valence electrons. The number of benzene rings is 3. The monoisotopic (exact) mass is 452 g/mol. The number of aryl methyl sites for hydroxylation is 1. The molecule has 0 aliphatic rings. The molecule has 1 atom stereocenters. The number of nitrogens with one attached hydrogen (secondary N) is 1. The summed E-state index contributed by atoms with van der Waals surface area (Å²) in [6, 6.07) is 16.9. The van der Waals surface area contributed by atoms with Crippen molar-refractivity contribution in [1.82, 2.24) is 5.16 Å². The standard InChI is InChI=1S/C25H19F3N2O3/c1-15-2-4-16(5-3-15)12-22(17-6-8-19(9-7-17)25(26,27)28)23(31)30-20-10-11-21-18(13-20)14-29-33-24(21)32/h2-11,13-14,22H,12H2,1H3,(H,30,31). The molecule has 0 spiro atoms. The zero-order chi connectivity index (χ0) is 23.6. The smallest absolute Gasteiger partial charge is 0.326 e. The Balaban J connectivity index is 1.65. The van der Waals surface area contributed by atoms with E-state index in [0.29, 0.717) is 28.4 Å². The van der Waals surface area contributed by atoms with Crippen LogP contribution in [0, 0.1) is 6.92 Å². The van der Waals surface area contributed by atoms with Gasteiger partial charge in [-0.3, -0.25) is 4.79 Å². The number of halogens is 3. The SMILES string of the molecule is Cc1ccc(CC(C(=O)Nc2ccc3c(=O)oncc3c2)c2ccc(C(F)(F)F)cc2)cc1. The van der Waals surface area contributed by atoms with E-state index in [0.717, 1.165) is 23.3 Å². The van der Waals surface area contributed by atoms with E-state index in [1.807, 2.05) is 31.2 Å². The zero-order valence-electron chi connectivity index (χ0n) is 17.5. The third kappa shape index (κ3) is 5.11. The van der Waals surface area contributed by atoms with Crippen molar-refractivity contribution in [2.24, 2.45) is 0 Å². The molecule has 0 fully saturated rings. The molecule has 0 bridgehead atoms. The van der Waals surface area contributed by atoms with Crippen LogP contribution in [0.5, 0.6) is 0 Å². The van der Waals surface area contributed by atoms with E-state index in [1.54, 1.807) is 12.1 Å². The van der Waals surface area contributed by atoms with Gasteiger partial charge in [-0.05, 0) is 54.8 Å². The van der Waals surface area contributed by atoms with Crippen LogP contribution in [0.15, 0.2) is 82.2 Å². The summed E-state index contributed by atoms with van der Waals surface area (Å²) >= 11 is 0. The number of alkyl halides is 3. The van der Waals surface area contributed by atoms with Gasteiger partial charge >= 0.3 is 11.8 Å². The molecule has 0 saturated carbocycles. The van der Waals surface area contributed by atoms with Crippen LogP contribution >= 0.6 is 0 Å². The van der Waals surface area contributed by atoms with E-state index in [1.165, 1.54) is 24.4 Å². The number of amides is 1. The largest absolute Gasteiger partial charge is 0.416 e. The number of hydrogen-bond acceptors (Lipinski definition) is 4. The van der Waals surface area contributed by atoms with Crippen molar-refractivity contribution in [3.05, 3.63) is 106 Å². The van der Waals surface area contributed by atoms with Crippen molar-refractivity contribution >= 4 is 22.4 Å². The van der Waals surface area contributed by atoms with E-state index < -0.39 is 23.3 Å². The highest BCUT2D eigenvalue weighted by Crippen LogP contribution is 2.31. The lowest BCUT2D eigenvalue weighted by atomic mass is 9.90. The number of carbonyl (C=O) groups is 1. The highest BCUT2D eigenvalue weighted by atomic mass is 19.4. The van der Waals surface area contributed by atoms with E-state index in [9.17, 15) is 22.8 Å². The summed E-state index contributed by atoms with van der Waals surface area (Å²) < 4.78 is 43.6. The molecule has 8 heteroatoms. The number of carbonyl (C=O) groups excluding carboxylic acids is 1. The summed E-state index contributed by atoms with van der Waals surface area (Å²) in [4.78, 5) is 25.0. The maximum absolute atomic E-state index is 13.2. The van der Waals surface area contributed by atoms with Crippen LogP contribution in [0.25, 0.3) is 10.8 Å². The predicted octanol–water partition coefficient (Wildman–Crippen LogP) is 5.48. The molecule has 3 aromatic carbocycles. The van der Waals surface area contributed by atoms with Crippen LogP contribution in [-0.2, 0) is 17.4 Å². The van der Waals surface area contributed by atoms with Crippen LogP contribution in [0.4, 0.5) is 18.9 Å². The van der Waals surface area contributed by atoms with Crippen LogP contribution < -0.4 is 10.9 Å². The van der Waals surface area contributed by atoms with E-state index in [2.05, 4.69) is 15.0 Å². The second-order valence-electron chi connectivity index (χ2n) is 7.77. The van der Waals surface area contributed by atoms with Crippen molar-refractivity contribution in [2.75, 3.05) is 5.32 Å². The number of anilines is 1. The van der Waals surface area contributed by atoms with Gasteiger partial charge < -0.3 is 9.84 Å². The van der Waals surface area contributed by atoms with Crippen molar-refractivity contribution in [2.45, 2.75) is 25.4 Å². The molecule has 4 aromatic rings. The Bertz CT molecular complexity index is 1340. The molecule has 1 amide bonds. The topological polar surface area (TPSA) is 72.2 Å². The average molecular weight is 452 g/mol. The lowest BCUT2D eigenvalue weighted by Gasteiger charge is -2.19. The van der Waals surface area contributed by atoms with Gasteiger partial charge in [-0.2, -0.15) is 13.2 Å². The quantitative estimate of drug-likeness (QED) is 0.435. The second kappa shape index (κ2) is 8.90. The molecule has 0 saturated heterocycles. The van der Waals surface area contributed by atoms with Gasteiger partial charge in [0.1, 0.15) is 0 Å². The molecule has 0 aliphatic heterocycles. The number of aromatic nitrogens is 1. The predicted molar refractivity (Wildman–Crippen MR) is 118 cm³/mol. The minimum Gasteiger partial charge on any atom is -0.326 e. The molecule has 5 nitrogen and oxygen atoms in total. The van der Waals surface area contributed by atoms with Gasteiger partial charge in [-0.15, -0.1) is 0 Å². The molecule has 1 N–H and O–H groups in total. The van der Waals surface area contributed by atoms with Crippen LogP contribution in [0.2, 0.25) is 0 Å². The first kappa shape index (κ1) is 22.3. The molecule has 33 heavy (non-hydrogen) atoms. The Hall–Kier alpha value is -3.94. The van der Waals surface area contributed by atoms with Gasteiger partial charge in [0.2, 0.25) is 5.91 Å². The van der Waals surface area contributed by atoms with Crippen molar-refractivity contribution < 1.29 is 22.5 Å². The molecular weight excluding hydrogens is 433 g/mol. The maximum atomic E-state index is 13.2. The fourth-order valence-electron chi connectivity index (χ4n) is 3.57. The fraction of sp³-hybridized carbons (Fsp3) is 0.160. The summed E-state index contributed by atoms with van der Waals surface area (Å²) in [5.74, 6) is -1.12. The molecule has 0 radical (unpaired) electrons. The number of rotatable bonds is 5. The molecule has 0 aliphatic carbocycles. The third-order valence-electron chi connectivity index (χ3n) is 5.38.